The minimum absolute atomic E-state index is 0.136. The number of rotatable bonds is 4. The zero-order valence-electron chi connectivity index (χ0n) is 13.2. The molecule has 6 atom stereocenters. The number of nitrogens with zero attached hydrogens (tertiary/aromatic N) is 2. The van der Waals surface area contributed by atoms with E-state index in [9.17, 15) is 28.7 Å². The first-order valence-corrected chi connectivity index (χ1v) is 11.9. The van der Waals surface area contributed by atoms with Gasteiger partial charge in [0.1, 0.15) is 24.6 Å². The third kappa shape index (κ3) is 4.74. The Morgan fingerprint density at radius 3 is 2.36 bits per heavy atom. The van der Waals surface area contributed by atoms with Crippen LogP contribution in [-0.4, -0.2) is 59.5 Å². The number of ether oxygens (including phenoxy) is 1. The molecule has 5 N–H and O–H groups in total. The SMILES string of the molecule is O=c1[nH]c(=S)ncn1[C@@H]1O[C@H](COP2(=O)OP(=O)(O)OP(=O)(O)O2)C(O)[C@@H]1O. The fraction of sp³-hybridized carbons (Fsp3) is 0.625. The molecule has 2 aliphatic heterocycles. The highest BCUT2D eigenvalue weighted by molar-refractivity contribution is 7.74. The summed E-state index contributed by atoms with van der Waals surface area (Å²) >= 11 is 4.66. The van der Waals surface area contributed by atoms with Crippen molar-refractivity contribution in [2.24, 2.45) is 0 Å². The van der Waals surface area contributed by atoms with Crippen LogP contribution in [0.25, 0.3) is 0 Å². The molecule has 3 unspecified atom stereocenters. The van der Waals surface area contributed by atoms with E-state index in [0.717, 1.165) is 10.9 Å². The van der Waals surface area contributed by atoms with E-state index in [2.05, 4.69) is 39.6 Å². The van der Waals surface area contributed by atoms with Gasteiger partial charge in [0.15, 0.2) is 6.23 Å². The van der Waals surface area contributed by atoms with Gasteiger partial charge in [0, 0.05) is 0 Å². The molecule has 0 aromatic carbocycles. The van der Waals surface area contributed by atoms with Crippen LogP contribution in [0.5, 0.6) is 0 Å². The smallest absolute Gasteiger partial charge is 0.387 e. The molecular formula is C8H12N3O13P3S. The van der Waals surface area contributed by atoms with Gasteiger partial charge in [-0.1, -0.05) is 0 Å². The molecule has 2 aliphatic rings. The molecule has 0 amide bonds. The van der Waals surface area contributed by atoms with Crippen molar-refractivity contribution in [3.63, 3.8) is 0 Å². The molecule has 3 rings (SSSR count). The van der Waals surface area contributed by atoms with Crippen molar-refractivity contribution >= 4 is 35.7 Å². The van der Waals surface area contributed by atoms with Crippen molar-refractivity contribution in [1.29, 1.82) is 0 Å². The van der Waals surface area contributed by atoms with Crippen LogP contribution in [0.15, 0.2) is 11.1 Å². The first-order chi connectivity index (χ1) is 12.8. The molecule has 20 heteroatoms. The van der Waals surface area contributed by atoms with Gasteiger partial charge in [-0.3, -0.25) is 14.1 Å². The highest BCUT2D eigenvalue weighted by atomic mass is 32.1. The second-order valence-electron chi connectivity index (χ2n) is 5.36. The third-order valence-electron chi connectivity index (χ3n) is 3.37. The summed E-state index contributed by atoms with van der Waals surface area (Å²) in [5.74, 6) is 0. The lowest BCUT2D eigenvalue weighted by atomic mass is 10.1. The van der Waals surface area contributed by atoms with Crippen molar-refractivity contribution in [3.8, 4) is 0 Å². The zero-order chi connectivity index (χ0) is 20.9. The van der Waals surface area contributed by atoms with E-state index in [1.54, 1.807) is 0 Å². The number of aliphatic hydroxyl groups excluding tert-OH is 2. The Balaban J connectivity index is 1.74. The second-order valence-corrected chi connectivity index (χ2v) is 10.7. The van der Waals surface area contributed by atoms with Gasteiger partial charge in [-0.25, -0.2) is 23.5 Å². The van der Waals surface area contributed by atoms with Crippen molar-refractivity contribution in [2.45, 2.75) is 24.5 Å². The number of hydrogen-bond acceptors (Lipinski definition) is 13. The molecule has 158 valence electrons. The van der Waals surface area contributed by atoms with Gasteiger partial charge in [-0.2, -0.15) is 12.9 Å². The molecule has 1 aromatic heterocycles. The van der Waals surface area contributed by atoms with E-state index >= 15 is 0 Å². The maximum absolute atomic E-state index is 12.2. The molecule has 0 saturated carbocycles. The van der Waals surface area contributed by atoms with E-state index in [1.807, 2.05) is 0 Å². The molecule has 0 aliphatic carbocycles. The first-order valence-electron chi connectivity index (χ1n) is 7.04. The molecule has 2 saturated heterocycles. The molecule has 0 spiro atoms. The number of aromatic nitrogens is 3. The van der Waals surface area contributed by atoms with E-state index in [1.165, 1.54) is 0 Å². The number of nitrogens with one attached hydrogen (secondary N) is 1. The van der Waals surface area contributed by atoms with Crippen LogP contribution in [0, 0.1) is 4.77 Å². The third-order valence-corrected chi connectivity index (χ3v) is 8.94. The Kier molecular flexibility index (Phi) is 5.95. The quantitative estimate of drug-likeness (QED) is 0.264. The van der Waals surface area contributed by atoms with Gasteiger partial charge in [0.2, 0.25) is 4.77 Å². The Morgan fingerprint density at radius 1 is 1.18 bits per heavy atom. The summed E-state index contributed by atoms with van der Waals surface area (Å²) in [4.78, 5) is 36.0. The predicted molar refractivity (Wildman–Crippen MR) is 86.1 cm³/mol. The summed E-state index contributed by atoms with van der Waals surface area (Å²) in [5, 5.41) is 20.1. The molecule has 2 fully saturated rings. The van der Waals surface area contributed by atoms with Crippen LogP contribution in [0.4, 0.5) is 0 Å². The van der Waals surface area contributed by atoms with Crippen molar-refractivity contribution in [1.82, 2.24) is 14.5 Å². The van der Waals surface area contributed by atoms with E-state index in [-0.39, 0.29) is 4.77 Å². The van der Waals surface area contributed by atoms with Crippen LogP contribution in [0.2, 0.25) is 0 Å². The molecular weight excluding hydrogens is 471 g/mol. The summed E-state index contributed by atoms with van der Waals surface area (Å²) in [6.45, 7) is -0.906. The number of hydrogen-bond donors (Lipinski definition) is 5. The Labute approximate surface area is 159 Å². The van der Waals surface area contributed by atoms with Gasteiger partial charge < -0.3 is 24.7 Å². The van der Waals surface area contributed by atoms with Gasteiger partial charge in [-0.05, 0) is 12.2 Å². The van der Waals surface area contributed by atoms with Crippen LogP contribution >= 0.6 is 35.7 Å². The second kappa shape index (κ2) is 7.56. The summed E-state index contributed by atoms with van der Waals surface area (Å²) in [6, 6.07) is 0. The largest absolute Gasteiger partial charge is 0.492 e. The number of aromatic amines is 1. The van der Waals surface area contributed by atoms with E-state index < -0.39 is 60.3 Å². The topological polar surface area (TPSA) is 229 Å². The number of phosphoric acid groups is 3. The Morgan fingerprint density at radius 2 is 1.79 bits per heavy atom. The van der Waals surface area contributed by atoms with Crippen molar-refractivity contribution in [3.05, 3.63) is 21.6 Å². The van der Waals surface area contributed by atoms with Crippen LogP contribution in [-0.2, 0) is 35.9 Å². The minimum Gasteiger partial charge on any atom is -0.387 e. The summed E-state index contributed by atoms with van der Waals surface area (Å²) in [6.07, 6.45) is -5.35. The number of H-pyrrole nitrogens is 1. The predicted octanol–water partition coefficient (Wildman–Crippen LogP) is -0.691. The fourth-order valence-electron chi connectivity index (χ4n) is 2.27. The van der Waals surface area contributed by atoms with Crippen LogP contribution < -0.4 is 5.69 Å². The maximum Gasteiger partial charge on any atom is 0.492 e. The highest BCUT2D eigenvalue weighted by Crippen LogP contribution is 2.80. The Bertz CT molecular complexity index is 997. The molecule has 0 radical (unpaired) electrons. The zero-order valence-corrected chi connectivity index (χ0v) is 16.7. The van der Waals surface area contributed by atoms with Crippen molar-refractivity contribution < 1.29 is 55.9 Å². The van der Waals surface area contributed by atoms with Crippen LogP contribution in [0.1, 0.15) is 6.23 Å². The number of aliphatic hydroxyl groups is 2. The van der Waals surface area contributed by atoms with E-state index in [4.69, 9.17) is 14.5 Å². The monoisotopic (exact) mass is 483 g/mol. The van der Waals surface area contributed by atoms with E-state index in [0.29, 0.717) is 0 Å². The summed E-state index contributed by atoms with van der Waals surface area (Å²) < 4.78 is 57.2. The van der Waals surface area contributed by atoms with Crippen LogP contribution in [0.3, 0.4) is 0 Å². The summed E-state index contributed by atoms with van der Waals surface area (Å²) in [7, 11) is -15.6. The average Bonchev–Trinajstić information content (AvgIpc) is 2.78. The standard InChI is InChI=1S/C8H12N3O13P3S/c12-4-3(1-20-27(19)23-25(15,16)22-26(17,18)24-27)21-6(5(4)13)11-2-9-7(28)10-8(11)14/h2-6,12-13H,1H2,(H,15,16)(H,17,18)(H,10,14,28)/t3-,4?,5+,6-/m1/s1. The lowest BCUT2D eigenvalue weighted by Gasteiger charge is -2.27. The first kappa shape index (κ1) is 22.1. The van der Waals surface area contributed by atoms with Gasteiger partial charge in [-0.15, -0.1) is 0 Å². The minimum atomic E-state index is -5.24. The fourth-order valence-corrected chi connectivity index (χ4v) is 7.34. The van der Waals surface area contributed by atoms with Gasteiger partial charge in [0.05, 0.1) is 6.61 Å². The van der Waals surface area contributed by atoms with Crippen molar-refractivity contribution in [2.75, 3.05) is 6.61 Å². The van der Waals surface area contributed by atoms with Gasteiger partial charge in [0.25, 0.3) is 0 Å². The molecule has 28 heavy (non-hydrogen) atoms. The molecule has 3 heterocycles. The maximum atomic E-state index is 12.2. The Hall–Kier alpha value is -0.640. The average molecular weight is 483 g/mol. The molecule has 0 bridgehead atoms. The highest BCUT2D eigenvalue weighted by Gasteiger charge is 2.55. The summed E-state index contributed by atoms with van der Waals surface area (Å²) in [5.41, 5.74) is -0.816. The molecule has 1 aromatic rings. The molecule has 16 nitrogen and oxygen atoms in total. The van der Waals surface area contributed by atoms with Gasteiger partial charge >= 0.3 is 29.2 Å². The lowest BCUT2D eigenvalue weighted by molar-refractivity contribution is -0.0550. The normalized spacial score (nSPS) is 43.9. The lowest BCUT2D eigenvalue weighted by Crippen LogP contribution is -2.36.